The van der Waals surface area contributed by atoms with Gasteiger partial charge in [-0.25, -0.2) is 0 Å². The third-order valence-corrected chi connectivity index (χ3v) is 3.85. The van der Waals surface area contributed by atoms with Crippen molar-refractivity contribution in [2.24, 2.45) is 17.8 Å². The average Bonchev–Trinajstić information content (AvgIpc) is 2.26. The second kappa shape index (κ2) is 6.08. The number of hydrogen-bond donors (Lipinski definition) is 0. The molecule has 0 heterocycles. The molecule has 0 saturated carbocycles. The fourth-order valence-electron chi connectivity index (χ4n) is 2.29. The van der Waals surface area contributed by atoms with Crippen molar-refractivity contribution in [2.75, 3.05) is 0 Å². The van der Waals surface area contributed by atoms with Crippen molar-refractivity contribution in [3.63, 3.8) is 0 Å². The molecule has 1 rings (SSSR count). The Bertz CT molecular complexity index is 289. The predicted octanol–water partition coefficient (Wildman–Crippen LogP) is 5.14. The zero-order valence-electron chi connectivity index (χ0n) is 11.3. The lowest BCUT2D eigenvalue weighted by atomic mass is 9.77. The molecule has 16 heavy (non-hydrogen) atoms. The van der Waals surface area contributed by atoms with Gasteiger partial charge in [0.05, 0.1) is 0 Å². The molecular formula is C16H26. The van der Waals surface area contributed by atoms with Gasteiger partial charge in [-0.1, -0.05) is 49.8 Å². The Kier molecular flexibility index (Phi) is 5.05. The van der Waals surface area contributed by atoms with Gasteiger partial charge in [0.1, 0.15) is 0 Å². The highest BCUT2D eigenvalue weighted by molar-refractivity contribution is 5.19. The van der Waals surface area contributed by atoms with Crippen molar-refractivity contribution in [1.82, 2.24) is 0 Å². The van der Waals surface area contributed by atoms with Crippen molar-refractivity contribution in [1.29, 1.82) is 0 Å². The number of hydrogen-bond acceptors (Lipinski definition) is 0. The van der Waals surface area contributed by atoms with E-state index in [0.29, 0.717) is 0 Å². The molecule has 3 unspecified atom stereocenters. The van der Waals surface area contributed by atoms with E-state index in [9.17, 15) is 0 Å². The van der Waals surface area contributed by atoms with Crippen LogP contribution in [0.25, 0.3) is 0 Å². The van der Waals surface area contributed by atoms with E-state index in [-0.39, 0.29) is 0 Å². The Morgan fingerprint density at radius 2 is 2.19 bits per heavy atom. The molecule has 0 heteroatoms. The van der Waals surface area contributed by atoms with Gasteiger partial charge in [-0.05, 0) is 50.9 Å². The summed E-state index contributed by atoms with van der Waals surface area (Å²) in [5, 5.41) is 0. The Balaban J connectivity index is 2.50. The van der Waals surface area contributed by atoms with Crippen molar-refractivity contribution in [3.05, 3.63) is 36.0 Å². The minimum atomic E-state index is 0.756. The van der Waals surface area contributed by atoms with Gasteiger partial charge in [0, 0.05) is 0 Å². The summed E-state index contributed by atoms with van der Waals surface area (Å²) in [4.78, 5) is 0. The summed E-state index contributed by atoms with van der Waals surface area (Å²) in [6, 6.07) is 0. The molecule has 0 radical (unpaired) electrons. The standard InChI is InChI=1S/C16H26/c1-12(2)6-9-14(4)15(5)16-10-7-13(3)8-11-16/h6-7,10,14-16H,3,8-9,11H2,1-2,4-5H3. The van der Waals surface area contributed by atoms with Crippen LogP contribution in [0.15, 0.2) is 36.0 Å². The van der Waals surface area contributed by atoms with Crippen molar-refractivity contribution >= 4 is 0 Å². The van der Waals surface area contributed by atoms with Crippen LogP contribution in [0, 0.1) is 17.8 Å². The highest BCUT2D eigenvalue weighted by Gasteiger charge is 2.21. The Hall–Kier alpha value is -0.780. The van der Waals surface area contributed by atoms with Crippen LogP contribution in [0.5, 0.6) is 0 Å². The first-order valence-corrected chi connectivity index (χ1v) is 6.50. The molecule has 1 aliphatic rings. The third kappa shape index (κ3) is 4.00. The smallest absolute Gasteiger partial charge is 0.0199 e. The fourth-order valence-corrected chi connectivity index (χ4v) is 2.29. The lowest BCUT2D eigenvalue weighted by molar-refractivity contribution is 0.290. The largest absolute Gasteiger partial charge is 0.0958 e. The minimum absolute atomic E-state index is 0.756. The van der Waals surface area contributed by atoms with Gasteiger partial charge in [-0.3, -0.25) is 0 Å². The van der Waals surface area contributed by atoms with E-state index >= 15 is 0 Å². The molecule has 0 saturated heterocycles. The zero-order chi connectivity index (χ0) is 12.1. The summed E-state index contributed by atoms with van der Waals surface area (Å²) in [7, 11) is 0. The van der Waals surface area contributed by atoms with Crippen molar-refractivity contribution < 1.29 is 0 Å². The Labute approximate surface area is 101 Å². The first kappa shape index (κ1) is 13.3. The fraction of sp³-hybridized carbons (Fsp3) is 0.625. The van der Waals surface area contributed by atoms with E-state index in [1.165, 1.54) is 30.4 Å². The lowest BCUT2D eigenvalue weighted by Gasteiger charge is -2.28. The highest BCUT2D eigenvalue weighted by atomic mass is 14.3. The van der Waals surface area contributed by atoms with Crippen LogP contribution in [0.2, 0.25) is 0 Å². The third-order valence-electron chi connectivity index (χ3n) is 3.85. The van der Waals surface area contributed by atoms with Gasteiger partial charge < -0.3 is 0 Å². The summed E-state index contributed by atoms with van der Waals surface area (Å²) in [5.41, 5.74) is 2.73. The maximum Gasteiger partial charge on any atom is -0.0199 e. The van der Waals surface area contributed by atoms with E-state index in [1.54, 1.807) is 0 Å². The van der Waals surface area contributed by atoms with Gasteiger partial charge in [-0.2, -0.15) is 0 Å². The lowest BCUT2D eigenvalue weighted by Crippen LogP contribution is -2.19. The first-order chi connectivity index (χ1) is 7.50. The summed E-state index contributed by atoms with van der Waals surface area (Å²) in [5.74, 6) is 2.31. The number of rotatable bonds is 4. The number of allylic oxidation sites excluding steroid dienone is 5. The van der Waals surface area contributed by atoms with Crippen molar-refractivity contribution in [2.45, 2.75) is 47.0 Å². The van der Waals surface area contributed by atoms with Gasteiger partial charge >= 0.3 is 0 Å². The first-order valence-electron chi connectivity index (χ1n) is 6.50. The molecule has 0 fully saturated rings. The molecule has 0 N–H and O–H groups in total. The van der Waals surface area contributed by atoms with Crippen LogP contribution in [0.4, 0.5) is 0 Å². The van der Waals surface area contributed by atoms with Crippen LogP contribution in [0.3, 0.4) is 0 Å². The maximum atomic E-state index is 4.02. The van der Waals surface area contributed by atoms with E-state index in [0.717, 1.165) is 17.8 Å². The Morgan fingerprint density at radius 1 is 1.50 bits per heavy atom. The van der Waals surface area contributed by atoms with E-state index in [4.69, 9.17) is 0 Å². The second-order valence-electron chi connectivity index (χ2n) is 5.57. The zero-order valence-corrected chi connectivity index (χ0v) is 11.3. The van der Waals surface area contributed by atoms with Gasteiger partial charge in [0.2, 0.25) is 0 Å². The van der Waals surface area contributed by atoms with E-state index in [2.05, 4.69) is 52.5 Å². The van der Waals surface area contributed by atoms with E-state index < -0.39 is 0 Å². The predicted molar refractivity (Wildman–Crippen MR) is 73.4 cm³/mol. The topological polar surface area (TPSA) is 0 Å². The summed E-state index contributed by atoms with van der Waals surface area (Å²) >= 11 is 0. The Morgan fingerprint density at radius 3 is 2.69 bits per heavy atom. The molecule has 90 valence electrons. The average molecular weight is 218 g/mol. The summed E-state index contributed by atoms with van der Waals surface area (Å²) in [6.07, 6.45) is 10.6. The molecular weight excluding hydrogens is 192 g/mol. The molecule has 0 nitrogen and oxygen atoms in total. The molecule has 0 aromatic carbocycles. The maximum absolute atomic E-state index is 4.02. The molecule has 3 atom stereocenters. The van der Waals surface area contributed by atoms with Crippen LogP contribution >= 0.6 is 0 Å². The molecule has 0 bridgehead atoms. The van der Waals surface area contributed by atoms with Crippen molar-refractivity contribution in [3.8, 4) is 0 Å². The summed E-state index contributed by atoms with van der Waals surface area (Å²) < 4.78 is 0. The van der Waals surface area contributed by atoms with Crippen LogP contribution in [-0.2, 0) is 0 Å². The summed E-state index contributed by atoms with van der Waals surface area (Å²) in [6.45, 7) is 13.2. The normalized spacial score (nSPS) is 24.0. The van der Waals surface area contributed by atoms with E-state index in [1.807, 2.05) is 0 Å². The van der Waals surface area contributed by atoms with Crippen LogP contribution in [-0.4, -0.2) is 0 Å². The molecule has 1 aliphatic carbocycles. The van der Waals surface area contributed by atoms with Gasteiger partial charge in [-0.15, -0.1) is 0 Å². The molecule has 0 amide bonds. The molecule has 0 spiro atoms. The SMILES string of the molecule is C=C1C=CC(C(C)C(C)CC=C(C)C)CC1. The second-order valence-corrected chi connectivity index (χ2v) is 5.57. The van der Waals surface area contributed by atoms with Gasteiger partial charge in [0.15, 0.2) is 0 Å². The highest BCUT2D eigenvalue weighted by Crippen LogP contribution is 2.32. The molecule has 0 aliphatic heterocycles. The van der Waals surface area contributed by atoms with Gasteiger partial charge in [0.25, 0.3) is 0 Å². The van der Waals surface area contributed by atoms with Crippen LogP contribution < -0.4 is 0 Å². The molecule has 0 aromatic heterocycles. The minimum Gasteiger partial charge on any atom is -0.0958 e. The quantitative estimate of drug-likeness (QED) is 0.573. The van der Waals surface area contributed by atoms with Crippen LogP contribution in [0.1, 0.15) is 47.0 Å². The monoisotopic (exact) mass is 218 g/mol. The molecule has 0 aromatic rings.